The van der Waals surface area contributed by atoms with Gasteiger partial charge in [0.05, 0.1) is 13.1 Å². The molecule has 0 aromatic carbocycles. The molecule has 114 valence electrons. The molecule has 1 amide bonds. The number of hydrogen-bond donors (Lipinski definition) is 1. The number of likely N-dealkylation sites (N-methyl/N-ethyl adjacent to an activating group) is 1. The second-order valence-corrected chi connectivity index (χ2v) is 6.53. The fraction of sp³-hybridized carbons (Fsp3) is 0.643. The summed E-state index contributed by atoms with van der Waals surface area (Å²) in [6.45, 7) is 5.25. The minimum Gasteiger partial charge on any atom is -0.340 e. The van der Waals surface area contributed by atoms with E-state index >= 15 is 0 Å². The number of carbonyl (C=O) groups is 1. The molecule has 1 fully saturated rings. The summed E-state index contributed by atoms with van der Waals surface area (Å²) in [7, 11) is 1.88. The van der Waals surface area contributed by atoms with Crippen molar-refractivity contribution in [3.8, 4) is 0 Å². The third kappa shape index (κ3) is 4.74. The van der Waals surface area contributed by atoms with Crippen LogP contribution in [0.3, 0.4) is 0 Å². The molecule has 2 N–H and O–H groups in total. The normalized spacial score (nSPS) is 23.1. The van der Waals surface area contributed by atoms with Crippen molar-refractivity contribution in [3.05, 3.63) is 22.4 Å². The van der Waals surface area contributed by atoms with E-state index in [0.29, 0.717) is 19.0 Å². The Kier molecular flexibility index (Phi) is 6.95. The van der Waals surface area contributed by atoms with Gasteiger partial charge < -0.3 is 10.6 Å². The standard InChI is InChI=1S/C14H23N3OS.ClH/c1-11-8-17(6-5-13(11)15)10-14(18)16(2)9-12-4-3-7-19-12;/h3-4,7,11,13H,5-6,8-10,15H2,1-2H3;1H. The maximum Gasteiger partial charge on any atom is 0.236 e. The first-order valence-electron chi connectivity index (χ1n) is 6.80. The Morgan fingerprint density at radius 3 is 2.95 bits per heavy atom. The van der Waals surface area contributed by atoms with E-state index in [1.54, 1.807) is 11.3 Å². The number of hydrogen-bond acceptors (Lipinski definition) is 4. The average Bonchev–Trinajstić information content (AvgIpc) is 2.86. The van der Waals surface area contributed by atoms with Gasteiger partial charge in [-0.3, -0.25) is 9.69 Å². The lowest BCUT2D eigenvalue weighted by Gasteiger charge is -2.35. The molecule has 0 radical (unpaired) electrons. The van der Waals surface area contributed by atoms with Gasteiger partial charge in [-0.1, -0.05) is 13.0 Å². The molecule has 2 unspecified atom stereocenters. The maximum absolute atomic E-state index is 12.2. The summed E-state index contributed by atoms with van der Waals surface area (Å²) in [6, 6.07) is 4.37. The van der Waals surface area contributed by atoms with E-state index in [0.717, 1.165) is 19.5 Å². The van der Waals surface area contributed by atoms with Crippen LogP contribution in [0, 0.1) is 5.92 Å². The molecule has 0 spiro atoms. The Hall–Kier alpha value is -0.620. The van der Waals surface area contributed by atoms with Crippen LogP contribution in [0.15, 0.2) is 17.5 Å². The first-order valence-corrected chi connectivity index (χ1v) is 7.68. The van der Waals surface area contributed by atoms with E-state index in [4.69, 9.17) is 5.73 Å². The summed E-state index contributed by atoms with van der Waals surface area (Å²) < 4.78 is 0. The van der Waals surface area contributed by atoms with Gasteiger partial charge in [0, 0.05) is 31.1 Å². The molecule has 6 heteroatoms. The smallest absolute Gasteiger partial charge is 0.236 e. The molecule has 1 aromatic heterocycles. The van der Waals surface area contributed by atoms with Gasteiger partial charge in [-0.05, 0) is 23.8 Å². The summed E-state index contributed by atoms with van der Waals surface area (Å²) >= 11 is 1.69. The fourth-order valence-corrected chi connectivity index (χ4v) is 3.19. The van der Waals surface area contributed by atoms with E-state index < -0.39 is 0 Å². The zero-order valence-corrected chi connectivity index (χ0v) is 13.8. The molecule has 0 saturated carbocycles. The zero-order chi connectivity index (χ0) is 13.8. The van der Waals surface area contributed by atoms with Gasteiger partial charge in [-0.15, -0.1) is 23.7 Å². The van der Waals surface area contributed by atoms with Gasteiger partial charge >= 0.3 is 0 Å². The van der Waals surface area contributed by atoms with Crippen LogP contribution in [0.25, 0.3) is 0 Å². The number of nitrogens with zero attached hydrogens (tertiary/aromatic N) is 2. The number of carbonyl (C=O) groups excluding carboxylic acids is 1. The molecule has 4 nitrogen and oxygen atoms in total. The molecule has 20 heavy (non-hydrogen) atoms. The van der Waals surface area contributed by atoms with Crippen molar-refractivity contribution in [1.82, 2.24) is 9.80 Å². The summed E-state index contributed by atoms with van der Waals surface area (Å²) in [6.07, 6.45) is 0.989. The molecule has 0 aliphatic carbocycles. The Morgan fingerprint density at radius 2 is 2.35 bits per heavy atom. The minimum absolute atomic E-state index is 0. The van der Waals surface area contributed by atoms with Gasteiger partial charge in [0.25, 0.3) is 0 Å². The van der Waals surface area contributed by atoms with Gasteiger partial charge in [0.15, 0.2) is 0 Å². The van der Waals surface area contributed by atoms with Crippen LogP contribution in [0.2, 0.25) is 0 Å². The van der Waals surface area contributed by atoms with Crippen molar-refractivity contribution in [2.24, 2.45) is 11.7 Å². The second kappa shape index (κ2) is 7.98. The fourth-order valence-electron chi connectivity index (χ4n) is 2.43. The van der Waals surface area contributed by atoms with Crippen LogP contribution in [0.4, 0.5) is 0 Å². The number of halogens is 1. The maximum atomic E-state index is 12.2. The van der Waals surface area contributed by atoms with Crippen molar-refractivity contribution in [1.29, 1.82) is 0 Å². The molecule has 2 atom stereocenters. The summed E-state index contributed by atoms with van der Waals surface area (Å²) in [5, 5.41) is 2.04. The predicted molar refractivity (Wildman–Crippen MR) is 86.2 cm³/mol. The molecular weight excluding hydrogens is 294 g/mol. The quantitative estimate of drug-likeness (QED) is 0.921. The van der Waals surface area contributed by atoms with Gasteiger partial charge in [0.1, 0.15) is 0 Å². The Labute approximate surface area is 131 Å². The average molecular weight is 318 g/mol. The summed E-state index contributed by atoms with van der Waals surface area (Å²) in [4.78, 5) is 17.4. The predicted octanol–water partition coefficient (Wildman–Crippen LogP) is 1.80. The Balaban J connectivity index is 0.00000200. The van der Waals surface area contributed by atoms with Crippen molar-refractivity contribution in [3.63, 3.8) is 0 Å². The highest BCUT2D eigenvalue weighted by Gasteiger charge is 2.25. The van der Waals surface area contributed by atoms with Gasteiger partial charge in [-0.25, -0.2) is 0 Å². The first-order chi connectivity index (χ1) is 9.06. The molecule has 1 aliphatic heterocycles. The highest BCUT2D eigenvalue weighted by Crippen LogP contribution is 2.15. The molecule has 1 aromatic rings. The molecule has 2 heterocycles. The third-order valence-corrected chi connectivity index (χ3v) is 4.67. The zero-order valence-electron chi connectivity index (χ0n) is 12.1. The largest absolute Gasteiger partial charge is 0.340 e. The molecule has 1 saturated heterocycles. The highest BCUT2D eigenvalue weighted by atomic mass is 35.5. The van der Waals surface area contributed by atoms with E-state index in [-0.39, 0.29) is 24.4 Å². The molecular formula is C14H24ClN3OS. The van der Waals surface area contributed by atoms with Crippen LogP contribution in [0.1, 0.15) is 18.2 Å². The lowest BCUT2D eigenvalue weighted by Crippen LogP contribution is -2.49. The second-order valence-electron chi connectivity index (χ2n) is 5.49. The van der Waals surface area contributed by atoms with Gasteiger partial charge in [-0.2, -0.15) is 0 Å². The summed E-state index contributed by atoms with van der Waals surface area (Å²) in [5.41, 5.74) is 6.00. The van der Waals surface area contributed by atoms with Crippen LogP contribution in [-0.4, -0.2) is 48.4 Å². The van der Waals surface area contributed by atoms with Crippen molar-refractivity contribution < 1.29 is 4.79 Å². The number of amides is 1. The van der Waals surface area contributed by atoms with Crippen LogP contribution >= 0.6 is 23.7 Å². The summed E-state index contributed by atoms with van der Waals surface area (Å²) in [5.74, 6) is 0.667. The van der Waals surface area contributed by atoms with Crippen LogP contribution < -0.4 is 5.73 Å². The van der Waals surface area contributed by atoms with Gasteiger partial charge in [0.2, 0.25) is 5.91 Å². The Bertz CT molecular complexity index is 413. The molecule has 2 rings (SSSR count). The molecule has 1 aliphatic rings. The van der Waals surface area contributed by atoms with E-state index in [9.17, 15) is 4.79 Å². The van der Waals surface area contributed by atoms with Crippen molar-refractivity contribution >= 4 is 29.7 Å². The third-order valence-electron chi connectivity index (χ3n) is 3.81. The lowest BCUT2D eigenvalue weighted by atomic mass is 9.95. The SMILES string of the molecule is CC1CN(CC(=O)N(C)Cc2cccs2)CCC1N.Cl. The monoisotopic (exact) mass is 317 g/mol. The van der Waals surface area contributed by atoms with Crippen LogP contribution in [-0.2, 0) is 11.3 Å². The minimum atomic E-state index is 0. The number of likely N-dealkylation sites (tertiary alicyclic amines) is 1. The van der Waals surface area contributed by atoms with Crippen molar-refractivity contribution in [2.45, 2.75) is 25.9 Å². The topological polar surface area (TPSA) is 49.6 Å². The number of nitrogens with two attached hydrogens (primary N) is 1. The first kappa shape index (κ1) is 17.4. The number of rotatable bonds is 4. The highest BCUT2D eigenvalue weighted by molar-refractivity contribution is 7.09. The van der Waals surface area contributed by atoms with E-state index in [2.05, 4.69) is 17.9 Å². The van der Waals surface area contributed by atoms with E-state index in [1.165, 1.54) is 4.88 Å². The lowest BCUT2D eigenvalue weighted by molar-refractivity contribution is -0.132. The van der Waals surface area contributed by atoms with Crippen LogP contribution in [0.5, 0.6) is 0 Å². The Morgan fingerprint density at radius 1 is 1.60 bits per heavy atom. The van der Waals surface area contributed by atoms with Crippen molar-refractivity contribution in [2.75, 3.05) is 26.7 Å². The molecule has 0 bridgehead atoms. The number of thiophene rings is 1. The number of piperidine rings is 1. The van der Waals surface area contributed by atoms with E-state index in [1.807, 2.05) is 23.4 Å².